The SMILES string of the molecule is C[C@@H](NC(=O)COC(=O)c1ccc[nH]1)c1ccc2c(c1)OCO2. The molecule has 1 aromatic carbocycles. The quantitative estimate of drug-likeness (QED) is 0.821. The summed E-state index contributed by atoms with van der Waals surface area (Å²) in [5.74, 6) is 0.393. The minimum Gasteiger partial charge on any atom is -0.454 e. The Labute approximate surface area is 132 Å². The number of rotatable bonds is 5. The molecule has 0 saturated carbocycles. The van der Waals surface area contributed by atoms with Crippen molar-refractivity contribution < 1.29 is 23.8 Å². The molecule has 0 bridgehead atoms. The van der Waals surface area contributed by atoms with Crippen molar-refractivity contribution >= 4 is 11.9 Å². The van der Waals surface area contributed by atoms with Crippen molar-refractivity contribution in [1.82, 2.24) is 10.3 Å². The van der Waals surface area contributed by atoms with Crippen LogP contribution in [0.25, 0.3) is 0 Å². The highest BCUT2D eigenvalue weighted by Crippen LogP contribution is 2.34. The molecule has 0 spiro atoms. The molecular formula is C16H16N2O5. The van der Waals surface area contributed by atoms with E-state index < -0.39 is 5.97 Å². The highest BCUT2D eigenvalue weighted by atomic mass is 16.7. The van der Waals surface area contributed by atoms with Gasteiger partial charge < -0.3 is 24.5 Å². The van der Waals surface area contributed by atoms with Gasteiger partial charge in [0.25, 0.3) is 5.91 Å². The standard InChI is InChI=1S/C16H16N2O5/c1-10(11-4-5-13-14(7-11)23-9-22-13)18-15(19)8-21-16(20)12-3-2-6-17-12/h2-7,10,17H,8-9H2,1H3,(H,18,19)/t10-/m1/s1. The van der Waals surface area contributed by atoms with Crippen molar-refractivity contribution in [2.45, 2.75) is 13.0 Å². The molecular weight excluding hydrogens is 300 g/mol. The molecule has 0 saturated heterocycles. The van der Waals surface area contributed by atoms with Gasteiger partial charge in [-0.05, 0) is 36.8 Å². The summed E-state index contributed by atoms with van der Waals surface area (Å²) in [5, 5.41) is 2.77. The summed E-state index contributed by atoms with van der Waals surface area (Å²) < 4.78 is 15.5. The molecule has 0 fully saturated rings. The maximum absolute atomic E-state index is 11.9. The fourth-order valence-corrected chi connectivity index (χ4v) is 2.22. The minimum absolute atomic E-state index is 0.203. The van der Waals surface area contributed by atoms with Crippen LogP contribution in [-0.4, -0.2) is 30.3 Å². The number of aromatic nitrogens is 1. The van der Waals surface area contributed by atoms with Gasteiger partial charge in [-0.25, -0.2) is 4.79 Å². The Morgan fingerprint density at radius 3 is 2.91 bits per heavy atom. The van der Waals surface area contributed by atoms with Crippen LogP contribution < -0.4 is 14.8 Å². The number of hydrogen-bond acceptors (Lipinski definition) is 5. The third-order valence-electron chi connectivity index (χ3n) is 3.43. The van der Waals surface area contributed by atoms with Gasteiger partial charge in [-0.3, -0.25) is 4.79 Å². The normalized spacial score (nSPS) is 13.4. The molecule has 1 amide bonds. The molecule has 0 radical (unpaired) electrons. The van der Waals surface area contributed by atoms with Gasteiger partial charge in [0.2, 0.25) is 6.79 Å². The maximum Gasteiger partial charge on any atom is 0.355 e. The van der Waals surface area contributed by atoms with Gasteiger partial charge in [0, 0.05) is 6.20 Å². The predicted molar refractivity (Wildman–Crippen MR) is 80.2 cm³/mol. The van der Waals surface area contributed by atoms with Crippen LogP contribution in [0.4, 0.5) is 0 Å². The summed E-state index contributed by atoms with van der Waals surface area (Å²) in [5.41, 5.74) is 1.18. The smallest absolute Gasteiger partial charge is 0.355 e. The second-order valence-electron chi connectivity index (χ2n) is 5.06. The molecule has 0 aliphatic carbocycles. The summed E-state index contributed by atoms with van der Waals surface area (Å²) in [7, 11) is 0. The largest absolute Gasteiger partial charge is 0.454 e. The van der Waals surface area contributed by atoms with Crippen molar-refractivity contribution in [3.05, 3.63) is 47.8 Å². The minimum atomic E-state index is -0.569. The van der Waals surface area contributed by atoms with Crippen LogP contribution in [0.3, 0.4) is 0 Å². The summed E-state index contributed by atoms with van der Waals surface area (Å²) >= 11 is 0. The maximum atomic E-state index is 11.9. The first kappa shape index (κ1) is 15.0. The molecule has 2 heterocycles. The lowest BCUT2D eigenvalue weighted by Gasteiger charge is -2.14. The first-order valence-electron chi connectivity index (χ1n) is 7.13. The number of nitrogens with one attached hydrogen (secondary N) is 2. The zero-order chi connectivity index (χ0) is 16.2. The van der Waals surface area contributed by atoms with Crippen LogP contribution in [0.1, 0.15) is 29.0 Å². The number of carbonyl (C=O) groups excluding carboxylic acids is 2. The number of benzene rings is 1. The summed E-state index contributed by atoms with van der Waals surface area (Å²) in [6, 6.07) is 8.47. The Kier molecular flexibility index (Phi) is 4.18. The monoisotopic (exact) mass is 316 g/mol. The molecule has 1 aliphatic rings. The first-order valence-corrected chi connectivity index (χ1v) is 7.13. The number of hydrogen-bond donors (Lipinski definition) is 2. The highest BCUT2D eigenvalue weighted by Gasteiger charge is 2.17. The molecule has 0 unspecified atom stereocenters. The number of fused-ring (bicyclic) bond motifs is 1. The second kappa shape index (κ2) is 6.43. The highest BCUT2D eigenvalue weighted by molar-refractivity contribution is 5.89. The molecule has 7 nitrogen and oxygen atoms in total. The van der Waals surface area contributed by atoms with Crippen molar-refractivity contribution in [3.63, 3.8) is 0 Å². The first-order chi connectivity index (χ1) is 11.1. The van der Waals surface area contributed by atoms with E-state index in [0.29, 0.717) is 17.2 Å². The van der Waals surface area contributed by atoms with E-state index in [1.54, 1.807) is 24.4 Å². The lowest BCUT2D eigenvalue weighted by molar-refractivity contribution is -0.124. The molecule has 23 heavy (non-hydrogen) atoms. The molecule has 120 valence electrons. The summed E-state index contributed by atoms with van der Waals surface area (Å²) in [4.78, 5) is 26.2. The molecule has 1 aliphatic heterocycles. The summed E-state index contributed by atoms with van der Waals surface area (Å²) in [6.07, 6.45) is 1.61. The number of aromatic amines is 1. The van der Waals surface area contributed by atoms with Crippen molar-refractivity contribution in [1.29, 1.82) is 0 Å². The van der Waals surface area contributed by atoms with Crippen LogP contribution in [0.2, 0.25) is 0 Å². The Morgan fingerprint density at radius 2 is 2.13 bits per heavy atom. The molecule has 2 aromatic rings. The van der Waals surface area contributed by atoms with Crippen LogP contribution in [-0.2, 0) is 9.53 Å². The Bertz CT molecular complexity index is 711. The predicted octanol–water partition coefficient (Wildman–Crippen LogP) is 1.78. The molecule has 1 atom stereocenters. The van der Waals surface area contributed by atoms with Crippen LogP contribution in [0, 0.1) is 0 Å². The lowest BCUT2D eigenvalue weighted by Crippen LogP contribution is -2.31. The topological polar surface area (TPSA) is 89.7 Å². The van der Waals surface area contributed by atoms with Crippen molar-refractivity contribution in [2.24, 2.45) is 0 Å². The average molecular weight is 316 g/mol. The Morgan fingerprint density at radius 1 is 1.30 bits per heavy atom. The Balaban J connectivity index is 1.52. The van der Waals surface area contributed by atoms with E-state index in [1.807, 2.05) is 19.1 Å². The van der Waals surface area contributed by atoms with E-state index in [2.05, 4.69) is 10.3 Å². The Hall–Kier alpha value is -2.96. The number of H-pyrrole nitrogens is 1. The van der Waals surface area contributed by atoms with Crippen LogP contribution in [0.15, 0.2) is 36.5 Å². The van der Waals surface area contributed by atoms with Gasteiger partial charge in [-0.2, -0.15) is 0 Å². The van der Waals surface area contributed by atoms with E-state index in [1.165, 1.54) is 0 Å². The molecule has 2 N–H and O–H groups in total. The fraction of sp³-hybridized carbons (Fsp3) is 0.250. The van der Waals surface area contributed by atoms with E-state index in [9.17, 15) is 9.59 Å². The van der Waals surface area contributed by atoms with Crippen molar-refractivity contribution in [2.75, 3.05) is 13.4 Å². The zero-order valence-corrected chi connectivity index (χ0v) is 12.5. The van der Waals surface area contributed by atoms with E-state index >= 15 is 0 Å². The third-order valence-corrected chi connectivity index (χ3v) is 3.43. The van der Waals surface area contributed by atoms with E-state index in [4.69, 9.17) is 14.2 Å². The van der Waals surface area contributed by atoms with Crippen LogP contribution >= 0.6 is 0 Å². The fourth-order valence-electron chi connectivity index (χ4n) is 2.22. The van der Waals surface area contributed by atoms with E-state index in [-0.39, 0.29) is 25.3 Å². The summed E-state index contributed by atoms with van der Waals surface area (Å²) in [6.45, 7) is 1.70. The molecule has 3 rings (SSSR count). The number of carbonyl (C=O) groups is 2. The van der Waals surface area contributed by atoms with E-state index in [0.717, 1.165) is 5.56 Å². The van der Waals surface area contributed by atoms with Gasteiger partial charge in [0.05, 0.1) is 6.04 Å². The van der Waals surface area contributed by atoms with Crippen molar-refractivity contribution in [3.8, 4) is 11.5 Å². The van der Waals surface area contributed by atoms with Gasteiger partial charge >= 0.3 is 5.97 Å². The lowest BCUT2D eigenvalue weighted by atomic mass is 10.1. The third kappa shape index (κ3) is 3.45. The van der Waals surface area contributed by atoms with Gasteiger partial charge in [-0.15, -0.1) is 0 Å². The van der Waals surface area contributed by atoms with Gasteiger partial charge in [0.1, 0.15) is 5.69 Å². The zero-order valence-electron chi connectivity index (χ0n) is 12.5. The molecule has 1 aromatic heterocycles. The van der Waals surface area contributed by atoms with Gasteiger partial charge in [-0.1, -0.05) is 6.07 Å². The molecule has 7 heteroatoms. The second-order valence-corrected chi connectivity index (χ2v) is 5.06. The number of amides is 1. The van der Waals surface area contributed by atoms with Gasteiger partial charge in [0.15, 0.2) is 18.1 Å². The number of esters is 1. The van der Waals surface area contributed by atoms with Crippen LogP contribution in [0.5, 0.6) is 11.5 Å². The average Bonchev–Trinajstić information content (AvgIpc) is 3.22. The number of ether oxygens (including phenoxy) is 3.